The number of nitrogens with two attached hydrogens (primary N) is 1. The van der Waals surface area contributed by atoms with E-state index in [1.165, 1.54) is 0 Å². The molecule has 4 heteroatoms. The van der Waals surface area contributed by atoms with Gasteiger partial charge >= 0.3 is 0 Å². The minimum atomic E-state index is -0.113. The molecule has 0 amide bonds. The predicted molar refractivity (Wildman–Crippen MR) is 85.9 cm³/mol. The number of benzene rings is 1. The highest BCUT2D eigenvalue weighted by molar-refractivity contribution is 5.76. The molecule has 0 aliphatic heterocycles. The first-order valence-electron chi connectivity index (χ1n) is 7.15. The monoisotopic (exact) mass is 282 g/mol. The summed E-state index contributed by atoms with van der Waals surface area (Å²) in [6.07, 6.45) is 0. The van der Waals surface area contributed by atoms with Crippen LogP contribution in [0.4, 0.5) is 5.82 Å². The van der Waals surface area contributed by atoms with Crippen molar-refractivity contribution in [3.63, 3.8) is 0 Å². The number of imidazole rings is 1. The molecule has 0 bridgehead atoms. The number of aromatic nitrogens is 2. The average Bonchev–Trinajstić information content (AvgIpc) is 2.76. The molecular weight excluding hydrogens is 260 g/mol. The molecule has 0 unspecified atom stereocenters. The zero-order valence-electron chi connectivity index (χ0n) is 13.3. The van der Waals surface area contributed by atoms with Crippen molar-refractivity contribution in [3.8, 4) is 17.3 Å². The fraction of sp³-hybridized carbons (Fsp3) is 0.412. The zero-order chi connectivity index (χ0) is 15.8. The van der Waals surface area contributed by atoms with Gasteiger partial charge in [0.1, 0.15) is 17.3 Å². The van der Waals surface area contributed by atoms with Crippen LogP contribution in [0.5, 0.6) is 0 Å². The Kier molecular flexibility index (Phi) is 3.78. The van der Waals surface area contributed by atoms with Gasteiger partial charge in [0.25, 0.3) is 0 Å². The van der Waals surface area contributed by atoms with E-state index in [9.17, 15) is 5.26 Å². The number of nitriles is 1. The third-order valence-corrected chi connectivity index (χ3v) is 3.44. The Hall–Kier alpha value is -2.28. The molecule has 1 heterocycles. The van der Waals surface area contributed by atoms with E-state index in [0.29, 0.717) is 17.1 Å². The lowest BCUT2D eigenvalue weighted by Gasteiger charge is -2.22. The molecule has 1 aromatic heterocycles. The molecule has 2 rings (SSSR count). The van der Waals surface area contributed by atoms with Gasteiger partial charge in [0.05, 0.1) is 11.6 Å². The standard InChI is InChI=1S/C17H22N4/c1-11(2)21-15(19)14(20-16(21)17(3,4)5)13-9-7-6-8-12(13)10-18/h6-9,11H,19H2,1-5H3. The maximum atomic E-state index is 9.29. The van der Waals surface area contributed by atoms with Crippen LogP contribution in [0.15, 0.2) is 24.3 Å². The number of rotatable bonds is 2. The second-order valence-electron chi connectivity index (χ2n) is 6.54. The Balaban J connectivity index is 2.75. The lowest BCUT2D eigenvalue weighted by Crippen LogP contribution is -2.21. The van der Waals surface area contributed by atoms with E-state index in [0.717, 1.165) is 11.4 Å². The number of anilines is 1. The molecule has 21 heavy (non-hydrogen) atoms. The fourth-order valence-electron chi connectivity index (χ4n) is 2.48. The average molecular weight is 282 g/mol. The number of nitrogens with zero attached hydrogens (tertiary/aromatic N) is 3. The fourth-order valence-corrected chi connectivity index (χ4v) is 2.48. The summed E-state index contributed by atoms with van der Waals surface area (Å²) in [6.45, 7) is 10.5. The molecule has 2 aromatic rings. The summed E-state index contributed by atoms with van der Waals surface area (Å²) in [4.78, 5) is 4.77. The molecule has 0 fully saturated rings. The van der Waals surface area contributed by atoms with Crippen molar-refractivity contribution >= 4 is 5.82 Å². The summed E-state index contributed by atoms with van der Waals surface area (Å²) in [5, 5.41) is 9.29. The Labute approximate surface area is 126 Å². The van der Waals surface area contributed by atoms with Crippen molar-refractivity contribution in [2.45, 2.75) is 46.1 Å². The Bertz CT molecular complexity index is 697. The quantitative estimate of drug-likeness (QED) is 0.908. The smallest absolute Gasteiger partial charge is 0.132 e. The van der Waals surface area contributed by atoms with E-state index in [1.54, 1.807) is 6.07 Å². The van der Waals surface area contributed by atoms with Crippen LogP contribution in [-0.4, -0.2) is 9.55 Å². The highest BCUT2D eigenvalue weighted by atomic mass is 15.2. The van der Waals surface area contributed by atoms with Crippen LogP contribution in [0.2, 0.25) is 0 Å². The van der Waals surface area contributed by atoms with Crippen LogP contribution >= 0.6 is 0 Å². The van der Waals surface area contributed by atoms with Crippen LogP contribution in [0.25, 0.3) is 11.3 Å². The summed E-state index contributed by atoms with van der Waals surface area (Å²) in [6, 6.07) is 9.87. The van der Waals surface area contributed by atoms with Crippen molar-refractivity contribution < 1.29 is 0 Å². The molecule has 4 nitrogen and oxygen atoms in total. The molecule has 0 aliphatic rings. The van der Waals surface area contributed by atoms with Crippen molar-refractivity contribution in [1.82, 2.24) is 9.55 Å². The van der Waals surface area contributed by atoms with Crippen LogP contribution < -0.4 is 5.73 Å². The van der Waals surface area contributed by atoms with E-state index in [-0.39, 0.29) is 11.5 Å². The van der Waals surface area contributed by atoms with Gasteiger partial charge in [-0.15, -0.1) is 0 Å². The zero-order valence-corrected chi connectivity index (χ0v) is 13.3. The molecule has 2 N–H and O–H groups in total. The van der Waals surface area contributed by atoms with Gasteiger partial charge in [-0.1, -0.05) is 39.0 Å². The lowest BCUT2D eigenvalue weighted by atomic mass is 9.95. The Morgan fingerprint density at radius 1 is 1.24 bits per heavy atom. The molecule has 0 aliphatic carbocycles. The topological polar surface area (TPSA) is 67.6 Å². The second kappa shape index (κ2) is 5.25. The van der Waals surface area contributed by atoms with Crippen molar-refractivity contribution in [2.24, 2.45) is 0 Å². The van der Waals surface area contributed by atoms with Crippen LogP contribution in [0.3, 0.4) is 0 Å². The maximum Gasteiger partial charge on any atom is 0.132 e. The normalized spacial score (nSPS) is 11.7. The molecule has 0 radical (unpaired) electrons. The molecule has 0 saturated heterocycles. The van der Waals surface area contributed by atoms with E-state index in [2.05, 4.69) is 45.3 Å². The third kappa shape index (κ3) is 2.64. The van der Waals surface area contributed by atoms with Crippen LogP contribution in [0.1, 0.15) is 52.0 Å². The van der Waals surface area contributed by atoms with Crippen LogP contribution in [-0.2, 0) is 5.41 Å². The minimum absolute atomic E-state index is 0.113. The first-order valence-corrected chi connectivity index (χ1v) is 7.15. The summed E-state index contributed by atoms with van der Waals surface area (Å²) >= 11 is 0. The summed E-state index contributed by atoms with van der Waals surface area (Å²) in [5.41, 5.74) is 8.32. The molecule has 0 atom stereocenters. The number of hydrogen-bond acceptors (Lipinski definition) is 3. The summed E-state index contributed by atoms with van der Waals surface area (Å²) in [5.74, 6) is 1.57. The summed E-state index contributed by atoms with van der Waals surface area (Å²) < 4.78 is 2.06. The van der Waals surface area contributed by atoms with E-state index < -0.39 is 0 Å². The van der Waals surface area contributed by atoms with E-state index in [4.69, 9.17) is 10.7 Å². The van der Waals surface area contributed by atoms with Crippen molar-refractivity contribution in [1.29, 1.82) is 5.26 Å². The van der Waals surface area contributed by atoms with E-state index in [1.807, 2.05) is 18.2 Å². The van der Waals surface area contributed by atoms with Crippen LogP contribution in [0, 0.1) is 11.3 Å². The molecule has 0 spiro atoms. The Morgan fingerprint density at radius 2 is 1.86 bits per heavy atom. The van der Waals surface area contributed by atoms with Gasteiger partial charge in [-0.25, -0.2) is 4.98 Å². The van der Waals surface area contributed by atoms with Gasteiger partial charge in [-0.2, -0.15) is 5.26 Å². The predicted octanol–water partition coefficient (Wildman–Crippen LogP) is 3.88. The van der Waals surface area contributed by atoms with Gasteiger partial charge in [-0.3, -0.25) is 0 Å². The molecule has 0 saturated carbocycles. The lowest BCUT2D eigenvalue weighted by molar-refractivity contribution is 0.473. The minimum Gasteiger partial charge on any atom is -0.383 e. The molecule has 1 aromatic carbocycles. The molecule has 110 valence electrons. The van der Waals surface area contributed by atoms with Crippen molar-refractivity contribution in [3.05, 3.63) is 35.7 Å². The second-order valence-corrected chi connectivity index (χ2v) is 6.54. The van der Waals surface area contributed by atoms with Gasteiger partial charge in [0, 0.05) is 17.0 Å². The maximum absolute atomic E-state index is 9.29. The number of nitrogen functional groups attached to an aromatic ring is 1. The third-order valence-electron chi connectivity index (χ3n) is 3.44. The SMILES string of the molecule is CC(C)n1c(C(C)(C)C)nc(-c2ccccc2C#N)c1N. The van der Waals surface area contributed by atoms with Gasteiger partial charge < -0.3 is 10.3 Å². The highest BCUT2D eigenvalue weighted by Gasteiger charge is 2.27. The highest BCUT2D eigenvalue weighted by Crippen LogP contribution is 2.35. The first kappa shape index (κ1) is 15.1. The first-order chi connectivity index (χ1) is 9.77. The largest absolute Gasteiger partial charge is 0.383 e. The van der Waals surface area contributed by atoms with Crippen molar-refractivity contribution in [2.75, 3.05) is 5.73 Å². The Morgan fingerprint density at radius 3 is 2.33 bits per heavy atom. The van der Waals surface area contributed by atoms with E-state index >= 15 is 0 Å². The van der Waals surface area contributed by atoms with Gasteiger partial charge in [0.15, 0.2) is 0 Å². The molecular formula is C17H22N4. The summed E-state index contributed by atoms with van der Waals surface area (Å²) in [7, 11) is 0. The number of hydrogen-bond donors (Lipinski definition) is 1. The van der Waals surface area contributed by atoms with Gasteiger partial charge in [0.2, 0.25) is 0 Å². The van der Waals surface area contributed by atoms with Gasteiger partial charge in [-0.05, 0) is 19.9 Å².